The zero-order valence-corrected chi connectivity index (χ0v) is 19.6. The Morgan fingerprint density at radius 3 is 2.52 bits per heavy atom. The normalized spacial score (nSPS) is 14.4. The van der Waals surface area contributed by atoms with Gasteiger partial charge in [0, 0.05) is 43.3 Å². The molecule has 0 radical (unpaired) electrons. The molecule has 0 unspecified atom stereocenters. The monoisotopic (exact) mass is 489 g/mol. The van der Waals surface area contributed by atoms with Crippen molar-refractivity contribution in [2.45, 2.75) is 18.2 Å². The van der Waals surface area contributed by atoms with E-state index in [1.807, 2.05) is 16.7 Å². The Morgan fingerprint density at radius 1 is 1.06 bits per heavy atom. The van der Waals surface area contributed by atoms with E-state index in [4.69, 9.17) is 16.3 Å². The van der Waals surface area contributed by atoms with Crippen LogP contribution in [0.1, 0.15) is 5.56 Å². The lowest BCUT2D eigenvalue weighted by Gasteiger charge is -2.27. The van der Waals surface area contributed by atoms with Crippen molar-refractivity contribution in [2.75, 3.05) is 38.6 Å². The van der Waals surface area contributed by atoms with Crippen LogP contribution < -0.4 is 5.32 Å². The van der Waals surface area contributed by atoms with E-state index in [2.05, 4.69) is 20.4 Å². The average Bonchev–Trinajstić information content (AvgIpc) is 3.25. The zero-order chi connectivity index (χ0) is 23.0. The fourth-order valence-electron chi connectivity index (χ4n) is 3.46. The lowest BCUT2D eigenvalue weighted by Crippen LogP contribution is -2.38. The summed E-state index contributed by atoms with van der Waals surface area (Å²) in [6.07, 6.45) is 0. The standard InChI is InChI=1S/C23H25ClFN5O2S/c24-19-5-1-17(2-6-19)15-26-21(31)16-33-23-28-27-22(18-3-7-20(25)8-4-18)30(23)10-9-29-11-13-32-14-12-29/h1-8H,9-16H2,(H,26,31). The minimum Gasteiger partial charge on any atom is -0.379 e. The second-order valence-electron chi connectivity index (χ2n) is 7.61. The Hall–Kier alpha value is -2.46. The number of nitrogens with one attached hydrogen (secondary N) is 1. The quantitative estimate of drug-likeness (QED) is 0.464. The highest BCUT2D eigenvalue weighted by Crippen LogP contribution is 2.24. The first-order chi connectivity index (χ1) is 16.1. The molecule has 2 aromatic carbocycles. The third kappa shape index (κ3) is 6.77. The Morgan fingerprint density at radius 2 is 1.79 bits per heavy atom. The molecule has 174 valence electrons. The number of carbonyl (C=O) groups is 1. The number of halogens is 2. The summed E-state index contributed by atoms with van der Waals surface area (Å²) in [7, 11) is 0. The van der Waals surface area contributed by atoms with Crippen LogP contribution in [0.3, 0.4) is 0 Å². The Balaban J connectivity index is 1.41. The van der Waals surface area contributed by atoms with Gasteiger partial charge in [-0.05, 0) is 42.0 Å². The fraction of sp³-hybridized carbons (Fsp3) is 0.348. The van der Waals surface area contributed by atoms with Crippen molar-refractivity contribution in [3.8, 4) is 11.4 Å². The van der Waals surface area contributed by atoms with E-state index >= 15 is 0 Å². The fourth-order valence-corrected chi connectivity index (χ4v) is 4.38. The highest BCUT2D eigenvalue weighted by molar-refractivity contribution is 7.99. The molecule has 3 aromatic rings. The minimum atomic E-state index is -0.301. The molecule has 1 fully saturated rings. The van der Waals surface area contributed by atoms with Crippen LogP contribution in [0.25, 0.3) is 11.4 Å². The van der Waals surface area contributed by atoms with E-state index in [0.29, 0.717) is 29.1 Å². The molecule has 7 nitrogen and oxygen atoms in total. The zero-order valence-electron chi connectivity index (χ0n) is 18.0. The topological polar surface area (TPSA) is 72.3 Å². The Labute approximate surface area is 201 Å². The Kier molecular flexibility index (Phi) is 8.33. The number of amides is 1. The van der Waals surface area contributed by atoms with E-state index in [0.717, 1.165) is 44.0 Å². The second kappa shape index (κ2) is 11.6. The Bertz CT molecular complexity index is 1060. The molecule has 33 heavy (non-hydrogen) atoms. The molecular formula is C23H25ClFN5O2S. The summed E-state index contributed by atoms with van der Waals surface area (Å²) in [5.41, 5.74) is 1.76. The SMILES string of the molecule is O=C(CSc1nnc(-c2ccc(F)cc2)n1CCN1CCOCC1)NCc1ccc(Cl)cc1. The van der Waals surface area contributed by atoms with Gasteiger partial charge in [0.05, 0.1) is 19.0 Å². The van der Waals surface area contributed by atoms with E-state index in [1.54, 1.807) is 24.3 Å². The maximum Gasteiger partial charge on any atom is 0.230 e. The van der Waals surface area contributed by atoms with Crippen molar-refractivity contribution in [2.24, 2.45) is 0 Å². The van der Waals surface area contributed by atoms with Gasteiger partial charge in [-0.2, -0.15) is 0 Å². The number of hydrogen-bond acceptors (Lipinski definition) is 6. The van der Waals surface area contributed by atoms with Gasteiger partial charge in [-0.15, -0.1) is 10.2 Å². The van der Waals surface area contributed by atoms with E-state index in [1.165, 1.54) is 23.9 Å². The van der Waals surface area contributed by atoms with Gasteiger partial charge in [0.1, 0.15) is 5.82 Å². The minimum absolute atomic E-state index is 0.0963. The number of nitrogens with zero attached hydrogens (tertiary/aromatic N) is 4. The number of aromatic nitrogens is 3. The van der Waals surface area contributed by atoms with E-state index in [-0.39, 0.29) is 17.5 Å². The molecule has 0 bridgehead atoms. The van der Waals surface area contributed by atoms with Crippen LogP contribution in [0.5, 0.6) is 0 Å². The van der Waals surface area contributed by atoms with Crippen molar-refractivity contribution >= 4 is 29.3 Å². The molecule has 0 saturated carbocycles. The number of hydrogen-bond donors (Lipinski definition) is 1. The molecule has 0 atom stereocenters. The van der Waals surface area contributed by atoms with Gasteiger partial charge >= 0.3 is 0 Å². The van der Waals surface area contributed by atoms with Crippen LogP contribution >= 0.6 is 23.4 Å². The number of ether oxygens (including phenoxy) is 1. The number of benzene rings is 2. The molecule has 1 N–H and O–H groups in total. The first-order valence-corrected chi connectivity index (χ1v) is 12.1. The lowest BCUT2D eigenvalue weighted by atomic mass is 10.2. The number of carbonyl (C=O) groups excluding carboxylic acids is 1. The highest BCUT2D eigenvalue weighted by atomic mass is 35.5. The van der Waals surface area contributed by atoms with Crippen LogP contribution in [0, 0.1) is 5.82 Å². The molecule has 2 heterocycles. The van der Waals surface area contributed by atoms with E-state index < -0.39 is 0 Å². The van der Waals surface area contributed by atoms with Crippen LogP contribution in [0.15, 0.2) is 53.7 Å². The van der Waals surface area contributed by atoms with Crippen LogP contribution in [0.4, 0.5) is 4.39 Å². The maximum absolute atomic E-state index is 13.4. The first kappa shape index (κ1) is 23.7. The van der Waals surface area contributed by atoms with Crippen molar-refractivity contribution in [3.05, 3.63) is 64.9 Å². The van der Waals surface area contributed by atoms with Gasteiger partial charge in [-0.3, -0.25) is 9.69 Å². The molecule has 10 heteroatoms. The molecular weight excluding hydrogens is 465 g/mol. The largest absolute Gasteiger partial charge is 0.379 e. The maximum atomic E-state index is 13.4. The molecule has 1 aliphatic rings. The second-order valence-corrected chi connectivity index (χ2v) is 8.99. The van der Waals surface area contributed by atoms with Gasteiger partial charge in [0.15, 0.2) is 11.0 Å². The van der Waals surface area contributed by atoms with Gasteiger partial charge < -0.3 is 14.6 Å². The summed E-state index contributed by atoms with van der Waals surface area (Å²) < 4.78 is 20.8. The van der Waals surface area contributed by atoms with Gasteiger partial charge in [-0.1, -0.05) is 35.5 Å². The van der Waals surface area contributed by atoms with Crippen molar-refractivity contribution in [1.82, 2.24) is 25.0 Å². The highest BCUT2D eigenvalue weighted by Gasteiger charge is 2.18. The molecule has 1 aromatic heterocycles. The summed E-state index contributed by atoms with van der Waals surface area (Å²) >= 11 is 7.24. The summed E-state index contributed by atoms with van der Waals surface area (Å²) in [6, 6.07) is 13.6. The predicted molar refractivity (Wildman–Crippen MR) is 127 cm³/mol. The third-order valence-corrected chi connectivity index (χ3v) is 6.52. The van der Waals surface area contributed by atoms with Gasteiger partial charge in [0.25, 0.3) is 0 Å². The molecule has 1 aliphatic heterocycles. The van der Waals surface area contributed by atoms with Crippen LogP contribution in [-0.2, 0) is 22.6 Å². The summed E-state index contributed by atoms with van der Waals surface area (Å²) in [5.74, 6) is 0.477. The molecule has 0 spiro atoms. The van der Waals surface area contributed by atoms with Crippen molar-refractivity contribution in [1.29, 1.82) is 0 Å². The third-order valence-electron chi connectivity index (χ3n) is 5.30. The number of morpholine rings is 1. The van der Waals surface area contributed by atoms with Crippen LogP contribution in [-0.4, -0.2) is 64.2 Å². The molecule has 0 aliphatic carbocycles. The van der Waals surface area contributed by atoms with Gasteiger partial charge in [0.2, 0.25) is 5.91 Å². The smallest absolute Gasteiger partial charge is 0.230 e. The molecule has 1 saturated heterocycles. The van der Waals surface area contributed by atoms with E-state index in [9.17, 15) is 9.18 Å². The lowest BCUT2D eigenvalue weighted by molar-refractivity contribution is -0.118. The first-order valence-electron chi connectivity index (χ1n) is 10.7. The summed E-state index contributed by atoms with van der Waals surface area (Å²) in [6.45, 7) is 5.11. The molecule has 4 rings (SSSR count). The van der Waals surface area contributed by atoms with Crippen LogP contribution in [0.2, 0.25) is 5.02 Å². The van der Waals surface area contributed by atoms with Crippen molar-refractivity contribution in [3.63, 3.8) is 0 Å². The van der Waals surface area contributed by atoms with Gasteiger partial charge in [-0.25, -0.2) is 4.39 Å². The molecule has 1 amide bonds. The average molecular weight is 490 g/mol. The predicted octanol–water partition coefficient (Wildman–Crippen LogP) is 3.48. The number of rotatable bonds is 9. The summed E-state index contributed by atoms with van der Waals surface area (Å²) in [5, 5.41) is 12.9. The van der Waals surface area contributed by atoms with Crippen molar-refractivity contribution < 1.29 is 13.9 Å². The number of thioether (sulfide) groups is 1. The summed E-state index contributed by atoms with van der Waals surface area (Å²) in [4.78, 5) is 14.7.